The predicted octanol–water partition coefficient (Wildman–Crippen LogP) is 5.39. The van der Waals surface area contributed by atoms with Crippen molar-refractivity contribution in [1.29, 1.82) is 0 Å². The molecule has 1 spiro atoms. The van der Waals surface area contributed by atoms with Crippen LogP contribution in [0.3, 0.4) is 0 Å². The van der Waals surface area contributed by atoms with Gasteiger partial charge in [-0.15, -0.1) is 11.6 Å². The molecule has 3 heterocycles. The molecule has 11 heteroatoms. The summed E-state index contributed by atoms with van der Waals surface area (Å²) < 4.78 is 28.9. The lowest BCUT2D eigenvalue weighted by atomic mass is 9.77. The fourth-order valence-electron chi connectivity index (χ4n) is 5.45. The molecule has 0 radical (unpaired) electrons. The number of halogens is 1. The van der Waals surface area contributed by atoms with Crippen molar-refractivity contribution in [3.63, 3.8) is 0 Å². The van der Waals surface area contributed by atoms with E-state index in [-0.39, 0.29) is 42.1 Å². The number of hydrogen-bond acceptors (Lipinski definition) is 9. The Morgan fingerprint density at radius 1 is 0.841 bits per heavy atom. The van der Waals surface area contributed by atoms with Crippen LogP contribution in [-0.4, -0.2) is 54.3 Å². The summed E-state index contributed by atoms with van der Waals surface area (Å²) in [6.07, 6.45) is 1.65. The number of phenolic OH excluding ortho intramolecular Hbond substituents is 2. The average Bonchev–Trinajstić information content (AvgIpc) is 3.59. The Labute approximate surface area is 258 Å². The zero-order chi connectivity index (χ0) is 30.7. The highest BCUT2D eigenvalue weighted by atomic mass is 35.5. The van der Waals surface area contributed by atoms with E-state index < -0.39 is 11.6 Å². The summed E-state index contributed by atoms with van der Waals surface area (Å²) in [5.74, 6) is 1.74. The van der Waals surface area contributed by atoms with E-state index in [0.717, 1.165) is 24.4 Å². The lowest BCUT2D eigenvalue weighted by Crippen LogP contribution is -2.33. The van der Waals surface area contributed by atoms with Gasteiger partial charge in [-0.3, -0.25) is 4.79 Å². The Balaban J connectivity index is 1.09. The number of esters is 1. The van der Waals surface area contributed by atoms with E-state index >= 15 is 0 Å². The monoisotopic (exact) mass is 619 g/mol. The van der Waals surface area contributed by atoms with Crippen LogP contribution in [0.15, 0.2) is 71.1 Å². The summed E-state index contributed by atoms with van der Waals surface area (Å²) in [5, 5.41) is 23.1. The Morgan fingerprint density at radius 2 is 1.55 bits per heavy atom. The van der Waals surface area contributed by atoms with Gasteiger partial charge >= 0.3 is 5.97 Å². The summed E-state index contributed by atoms with van der Waals surface area (Å²) in [4.78, 5) is 26.2. The van der Waals surface area contributed by atoms with Crippen LogP contribution < -0.4 is 10.1 Å². The van der Waals surface area contributed by atoms with Crippen molar-refractivity contribution in [2.24, 2.45) is 0 Å². The molecule has 0 atom stereocenters. The highest BCUT2D eigenvalue weighted by Gasteiger charge is 2.53. The highest BCUT2D eigenvalue weighted by Crippen LogP contribution is 2.57. The molecule has 0 fully saturated rings. The number of rotatable bonds is 12. The minimum absolute atomic E-state index is 0.0427. The molecule has 0 saturated heterocycles. The molecule has 0 unspecified atom stereocenters. The number of furan rings is 1. The second kappa shape index (κ2) is 12.6. The average molecular weight is 620 g/mol. The van der Waals surface area contributed by atoms with Gasteiger partial charge in [0.15, 0.2) is 5.60 Å². The first-order valence-electron chi connectivity index (χ1n) is 14.2. The fraction of sp³-hybridized carbons (Fsp3) is 0.273. The smallest absolute Gasteiger partial charge is 0.340 e. The van der Waals surface area contributed by atoms with Gasteiger partial charge < -0.3 is 38.9 Å². The molecular formula is C33H30ClNO9. The molecule has 0 bridgehead atoms. The number of fused-ring (bicyclic) bond motifs is 6. The van der Waals surface area contributed by atoms with Gasteiger partial charge in [0.25, 0.3) is 5.91 Å². The molecule has 1 aromatic heterocycles. The predicted molar refractivity (Wildman–Crippen MR) is 159 cm³/mol. The largest absolute Gasteiger partial charge is 0.508 e. The third-order valence-corrected chi connectivity index (χ3v) is 7.73. The van der Waals surface area contributed by atoms with Gasteiger partial charge in [0.2, 0.25) is 0 Å². The molecule has 2 aliphatic rings. The van der Waals surface area contributed by atoms with Crippen molar-refractivity contribution in [2.75, 3.05) is 32.2 Å². The lowest BCUT2D eigenvalue weighted by Gasteiger charge is -2.36. The van der Waals surface area contributed by atoms with Crippen molar-refractivity contribution in [3.8, 4) is 23.0 Å². The Hall–Kier alpha value is -4.51. The van der Waals surface area contributed by atoms with E-state index in [2.05, 4.69) is 5.32 Å². The van der Waals surface area contributed by atoms with Gasteiger partial charge in [-0.1, -0.05) is 0 Å². The molecule has 44 heavy (non-hydrogen) atoms. The van der Waals surface area contributed by atoms with Gasteiger partial charge in [0.1, 0.15) is 41.1 Å². The van der Waals surface area contributed by atoms with Gasteiger partial charge in [-0.2, -0.15) is 0 Å². The first-order chi connectivity index (χ1) is 21.4. The number of aryl methyl sites for hydroxylation is 1. The van der Waals surface area contributed by atoms with Gasteiger partial charge in [-0.25, -0.2) is 4.79 Å². The number of amides is 1. The van der Waals surface area contributed by atoms with E-state index in [1.807, 2.05) is 12.1 Å². The summed E-state index contributed by atoms with van der Waals surface area (Å²) in [7, 11) is 0. The maximum absolute atomic E-state index is 13.1. The number of hydrogen-bond donors (Lipinski definition) is 3. The zero-order valence-corrected chi connectivity index (χ0v) is 24.4. The summed E-state index contributed by atoms with van der Waals surface area (Å²) in [6, 6.07) is 17.6. The number of nitrogens with one attached hydrogen (secondary N) is 1. The summed E-state index contributed by atoms with van der Waals surface area (Å²) in [6.45, 7) is 1.60. The van der Waals surface area contributed by atoms with E-state index in [4.69, 9.17) is 35.0 Å². The highest BCUT2D eigenvalue weighted by molar-refractivity contribution is 6.17. The normalized spacial score (nSPS) is 14.0. The first-order valence-corrected chi connectivity index (χ1v) is 14.7. The minimum atomic E-state index is -1.45. The minimum Gasteiger partial charge on any atom is -0.508 e. The molecule has 4 aromatic rings. The fourth-order valence-corrected chi connectivity index (χ4v) is 5.58. The number of benzene rings is 3. The number of alkyl halides is 1. The van der Waals surface area contributed by atoms with Crippen LogP contribution in [0.2, 0.25) is 0 Å². The number of aromatic hydroxyl groups is 2. The number of ether oxygens (including phenoxy) is 4. The van der Waals surface area contributed by atoms with Crippen LogP contribution in [0.1, 0.15) is 55.3 Å². The molecule has 0 saturated carbocycles. The number of phenols is 2. The Bertz CT molecular complexity index is 1650. The molecular weight excluding hydrogens is 590 g/mol. The quantitative estimate of drug-likeness (QED) is 0.108. The van der Waals surface area contributed by atoms with Crippen molar-refractivity contribution >= 4 is 23.5 Å². The van der Waals surface area contributed by atoms with E-state index in [0.29, 0.717) is 53.5 Å². The maximum atomic E-state index is 13.1. The molecule has 1 amide bonds. The van der Waals surface area contributed by atoms with Crippen LogP contribution in [0.4, 0.5) is 0 Å². The third-order valence-electron chi connectivity index (χ3n) is 7.46. The molecule has 6 rings (SSSR count). The molecule has 3 N–H and O–H groups in total. The van der Waals surface area contributed by atoms with E-state index in [1.54, 1.807) is 30.3 Å². The van der Waals surface area contributed by atoms with Crippen molar-refractivity contribution in [3.05, 3.63) is 106 Å². The zero-order valence-electron chi connectivity index (χ0n) is 23.6. The Kier molecular flexibility index (Phi) is 8.47. The molecule has 3 aromatic carbocycles. The topological polar surface area (TPSA) is 137 Å². The maximum Gasteiger partial charge on any atom is 0.340 e. The number of carbonyl (C=O) groups excluding carboxylic acids is 2. The second-order valence-electron chi connectivity index (χ2n) is 10.4. The van der Waals surface area contributed by atoms with E-state index in [1.165, 1.54) is 24.3 Å². The molecule has 2 aliphatic heterocycles. The van der Waals surface area contributed by atoms with Gasteiger partial charge in [0.05, 0.1) is 25.4 Å². The summed E-state index contributed by atoms with van der Waals surface area (Å²) >= 11 is 5.72. The Morgan fingerprint density at radius 3 is 2.27 bits per heavy atom. The van der Waals surface area contributed by atoms with Crippen LogP contribution in [-0.2, 0) is 32.8 Å². The van der Waals surface area contributed by atoms with Crippen molar-refractivity contribution in [1.82, 2.24) is 5.32 Å². The van der Waals surface area contributed by atoms with Gasteiger partial charge in [-0.05, 0) is 61.0 Å². The second-order valence-corrected chi connectivity index (χ2v) is 10.8. The summed E-state index contributed by atoms with van der Waals surface area (Å²) in [5.41, 5.74) is 0.581. The van der Waals surface area contributed by atoms with Crippen LogP contribution in [0.25, 0.3) is 0 Å². The van der Waals surface area contributed by atoms with Crippen LogP contribution in [0.5, 0.6) is 23.0 Å². The lowest BCUT2D eigenvalue weighted by molar-refractivity contribution is 0.0224. The van der Waals surface area contributed by atoms with Crippen LogP contribution >= 0.6 is 11.6 Å². The molecule has 10 nitrogen and oxygen atoms in total. The molecule has 228 valence electrons. The molecule has 0 aliphatic carbocycles. The first kappa shape index (κ1) is 29.6. The van der Waals surface area contributed by atoms with E-state index in [9.17, 15) is 19.8 Å². The SMILES string of the molecule is O=C(NCCOCCOCc1ccc(CCCCl)o1)c1ccc2c(c1)C1(OC2=O)c2ccc(O)cc2Oc2cc(O)ccc21. The van der Waals surface area contributed by atoms with Gasteiger partial charge in [0, 0.05) is 53.2 Å². The van der Waals surface area contributed by atoms with Crippen LogP contribution in [0, 0.1) is 0 Å². The number of carbonyl (C=O) groups is 2. The third kappa shape index (κ3) is 5.71. The standard InChI is InChI=1S/C33H30ClNO9/c34-11-1-2-23-6-7-24(42-23)19-41-15-14-40-13-12-35-31(38)20-3-8-25-28(16-20)33(44-32(25)39)26-9-4-21(36)17-29(26)43-30-18-22(37)5-10-27(30)33/h3-10,16-18,36-37H,1-2,11-15,19H2,(H,35,38). The van der Waals surface area contributed by atoms with Crippen molar-refractivity contribution in [2.45, 2.75) is 25.0 Å². The van der Waals surface area contributed by atoms with Crippen molar-refractivity contribution < 1.29 is 43.2 Å².